The van der Waals surface area contributed by atoms with E-state index in [1.165, 1.54) is 162 Å². The van der Waals surface area contributed by atoms with Crippen molar-refractivity contribution in [3.05, 3.63) is 0 Å². The number of morpholine rings is 2. The molecule has 0 aromatic carbocycles. The van der Waals surface area contributed by atoms with Crippen molar-refractivity contribution in [2.24, 2.45) is 5.92 Å². The Hall–Kier alpha value is -1.39. The second-order valence-corrected chi connectivity index (χ2v) is 29.0. The molecule has 12 N–H and O–H groups in total. The van der Waals surface area contributed by atoms with Crippen molar-refractivity contribution < 1.29 is 14.6 Å². The van der Waals surface area contributed by atoms with Crippen LogP contribution in [0.4, 0.5) is 0 Å². The van der Waals surface area contributed by atoms with Crippen molar-refractivity contribution >= 4 is 0 Å². The molecule has 15 saturated heterocycles. The molecule has 23 heteroatoms. The average Bonchev–Trinajstić information content (AvgIpc) is 4.57. The van der Waals surface area contributed by atoms with E-state index < -0.39 is 0 Å². The topological polar surface area (TPSA) is 221 Å². The number of β-amino-alcohol motifs (C(OH)–C–C–N with tert-alkyl or cyclic N) is 1. The number of piperidine rings is 2. The number of ether oxygens (including phenoxy) is 2. The van der Waals surface area contributed by atoms with Gasteiger partial charge in [-0.1, -0.05) is 0 Å². The lowest BCUT2D eigenvalue weighted by Gasteiger charge is -2.33. The van der Waals surface area contributed by atoms with Crippen LogP contribution >= 0.6 is 0 Å². The lowest BCUT2D eigenvalue weighted by atomic mass is 10.0. The first-order valence-electron chi connectivity index (χ1n) is 34.9. The first kappa shape index (κ1) is 77.3. The monoisotopic (exact) mass is 1250 g/mol. The molecule has 0 unspecified atom stereocenters. The van der Waals surface area contributed by atoms with Crippen molar-refractivity contribution in [2.45, 2.75) is 162 Å². The molecule has 15 rings (SSSR count). The summed E-state index contributed by atoms with van der Waals surface area (Å²) in [6.45, 7) is 31.8. The van der Waals surface area contributed by atoms with Crippen molar-refractivity contribution in [1.29, 1.82) is 5.26 Å². The van der Waals surface area contributed by atoms with E-state index >= 15 is 0 Å². The van der Waals surface area contributed by atoms with Crippen LogP contribution in [0.2, 0.25) is 0 Å². The molecule has 0 radical (unpaired) electrons. The Morgan fingerprint density at radius 1 is 0.477 bits per heavy atom. The summed E-state index contributed by atoms with van der Waals surface area (Å²) in [5.74, 6) is 0.310. The summed E-state index contributed by atoms with van der Waals surface area (Å²) < 4.78 is 10.6. The zero-order valence-corrected chi connectivity index (χ0v) is 58.6. The zero-order chi connectivity index (χ0) is 63.8. The summed E-state index contributed by atoms with van der Waals surface area (Å²) >= 11 is 0. The molecule has 516 valence electrons. The van der Waals surface area contributed by atoms with Gasteiger partial charge in [0.05, 0.1) is 43.0 Å². The van der Waals surface area contributed by atoms with Crippen molar-refractivity contribution in [2.75, 3.05) is 248 Å². The quantitative estimate of drug-likeness (QED) is 0.135. The normalized spacial score (nSPS) is 33.2. The minimum atomic E-state index is -0.389. The fraction of sp³-hybridized carbons (Fsp3) is 0.985. The standard InChI is InChI=1S/C10H23N3.C7H16N2.2C6H12N2.3C6H14N2.2C5H9NO.C4H6N2.C4H9NO/c1-12(2)8-9-13(3)10-4-6-11-7-5-10;1-9(2)7-3-5-8-6-4-7;2*1-8-4-5-2-6(8)3-7-5;2*1-8(2)6-3-4-7-5-6;1-6-5-7-3-4-8(6)2;2*1-4-3-7-5(1)2-6-4;5-1-4-2-6-3-4;1-4(6)2-5-3-4/h10-11H,4-9H2,1-3H3;7-8H,3-6H2,1-2H3;2*5-7H,2-4H2,1H3;3*6-7H,3-5H2,1-2H3;2*4-6H,1-3H2;4,6H,2-3H2;5-6H,2-3H2,1H3/t;;2*5-,6-;3*6-;2*4-,5-;;/m..1010110../s1. The van der Waals surface area contributed by atoms with Crippen LogP contribution in [0.25, 0.3) is 0 Å². The molecule has 0 saturated carbocycles. The van der Waals surface area contributed by atoms with E-state index in [2.05, 4.69) is 195 Å². The Labute approximate surface area is 538 Å². The smallest absolute Gasteiger partial charge is 0.0867 e. The van der Waals surface area contributed by atoms with Crippen LogP contribution < -0.4 is 58.5 Å². The third-order valence-electron chi connectivity index (χ3n) is 20.3. The molecular weight excluding hydrogens is 1110 g/mol. The van der Waals surface area contributed by atoms with Crippen LogP contribution in [-0.2, 0) is 9.47 Å². The molecule has 11 atom stereocenters. The van der Waals surface area contributed by atoms with Gasteiger partial charge < -0.3 is 112 Å². The number of rotatable bonds is 7. The molecule has 0 aliphatic carbocycles. The van der Waals surface area contributed by atoms with E-state index in [9.17, 15) is 0 Å². The highest BCUT2D eigenvalue weighted by molar-refractivity contribution is 4.97. The minimum absolute atomic E-state index is 0.310. The molecule has 0 spiro atoms. The van der Waals surface area contributed by atoms with Gasteiger partial charge in [0.15, 0.2) is 0 Å². The van der Waals surface area contributed by atoms with E-state index in [-0.39, 0.29) is 5.60 Å². The van der Waals surface area contributed by atoms with Crippen LogP contribution in [0.1, 0.15) is 78.1 Å². The van der Waals surface area contributed by atoms with Gasteiger partial charge in [0.25, 0.3) is 0 Å². The van der Waals surface area contributed by atoms with Gasteiger partial charge in [0, 0.05) is 178 Å². The highest BCUT2D eigenvalue weighted by Crippen LogP contribution is 2.22. The fourth-order valence-corrected chi connectivity index (χ4v) is 13.2. The zero-order valence-electron chi connectivity index (χ0n) is 58.6. The number of nitriles is 1. The molecule has 15 heterocycles. The van der Waals surface area contributed by atoms with Gasteiger partial charge in [-0.15, -0.1) is 0 Å². The minimum Gasteiger partial charge on any atom is -0.388 e. The van der Waals surface area contributed by atoms with Gasteiger partial charge in [0.1, 0.15) is 0 Å². The molecule has 15 aliphatic rings. The van der Waals surface area contributed by atoms with Gasteiger partial charge in [-0.25, -0.2) is 0 Å². The second-order valence-electron chi connectivity index (χ2n) is 29.0. The Morgan fingerprint density at radius 3 is 1.08 bits per heavy atom. The lowest BCUT2D eigenvalue weighted by molar-refractivity contribution is 0.00877. The van der Waals surface area contributed by atoms with E-state index in [1.54, 1.807) is 0 Å². The van der Waals surface area contributed by atoms with Crippen LogP contribution in [0.3, 0.4) is 0 Å². The van der Waals surface area contributed by atoms with Gasteiger partial charge in [-0.05, 0) is 202 Å². The van der Waals surface area contributed by atoms with Gasteiger partial charge >= 0.3 is 0 Å². The van der Waals surface area contributed by atoms with E-state index in [0.717, 1.165) is 120 Å². The third kappa shape index (κ3) is 30.8. The summed E-state index contributed by atoms with van der Waals surface area (Å²) in [5, 5.41) is 53.1. The van der Waals surface area contributed by atoms with Crippen molar-refractivity contribution in [3.8, 4) is 6.07 Å². The van der Waals surface area contributed by atoms with Crippen LogP contribution in [-0.4, -0.2) is 377 Å². The van der Waals surface area contributed by atoms with E-state index in [1.807, 2.05) is 6.92 Å². The predicted octanol–water partition coefficient (Wildman–Crippen LogP) is -1.85. The van der Waals surface area contributed by atoms with E-state index in [4.69, 9.17) is 19.8 Å². The molecule has 88 heavy (non-hydrogen) atoms. The molecular formula is C65H138N20O3. The van der Waals surface area contributed by atoms with E-state index in [0.29, 0.717) is 30.2 Å². The molecule has 23 nitrogen and oxygen atoms in total. The Kier molecular flexibility index (Phi) is 37.6. The summed E-state index contributed by atoms with van der Waals surface area (Å²) in [5.41, 5.74) is -0.389. The largest absolute Gasteiger partial charge is 0.388 e. The number of aliphatic hydroxyl groups is 1. The SMILES string of the molecule is C1O[C@@H]2CN[C@H]1C2.C1O[C@H]2CN[C@@H]1C2.CC1(O)CNC1.CN(C)C1CCNCC1.CN(C)CCN(C)C1CCNCC1.CN(C)[C@@H]1CCNC1.CN(C)[C@H]1CCNC1.CN1C[C@@H]2C[C@H]1CN2.CN1C[C@H]2C[C@@H]1CN2.C[C@@H]1CNCCN1C.N#CC1CNC1. The maximum Gasteiger partial charge on any atom is 0.0867 e. The van der Waals surface area contributed by atoms with Crippen molar-refractivity contribution in [1.82, 2.24) is 97.7 Å². The second kappa shape index (κ2) is 42.8. The maximum atomic E-state index is 8.85. The summed E-state index contributed by atoms with van der Waals surface area (Å²) in [6.07, 6.45) is 14.3. The first-order valence-corrected chi connectivity index (χ1v) is 34.9. The number of likely N-dealkylation sites (N-methyl/N-ethyl adjacent to an activating group) is 7. The summed E-state index contributed by atoms with van der Waals surface area (Å²) in [7, 11) is 26.0. The third-order valence-corrected chi connectivity index (χ3v) is 20.3. The average molecular weight is 1250 g/mol. The molecule has 0 aromatic heterocycles. The molecule has 0 amide bonds. The Morgan fingerprint density at radius 2 is 0.898 bits per heavy atom. The number of hydrogen-bond acceptors (Lipinski definition) is 23. The number of fused-ring (bicyclic) bond motifs is 8. The Bertz CT molecular complexity index is 1670. The lowest BCUT2D eigenvalue weighted by Crippen LogP contribution is -2.57. The molecule has 15 fully saturated rings. The van der Waals surface area contributed by atoms with Crippen LogP contribution in [0, 0.1) is 17.2 Å². The Balaban J connectivity index is 0.000000177. The van der Waals surface area contributed by atoms with Gasteiger partial charge in [-0.2, -0.15) is 5.26 Å². The van der Waals surface area contributed by atoms with Crippen LogP contribution in [0.5, 0.6) is 0 Å². The number of piperazine rings is 3. The van der Waals surface area contributed by atoms with Crippen molar-refractivity contribution in [3.63, 3.8) is 0 Å². The summed E-state index contributed by atoms with van der Waals surface area (Å²) in [4.78, 5) is 18.9. The predicted molar refractivity (Wildman–Crippen MR) is 365 cm³/mol. The summed E-state index contributed by atoms with van der Waals surface area (Å²) in [6, 6.07) is 10.8. The number of nitrogens with one attached hydrogen (secondary N) is 11. The highest BCUT2D eigenvalue weighted by Gasteiger charge is 2.36. The van der Waals surface area contributed by atoms with Crippen LogP contribution in [0.15, 0.2) is 0 Å². The number of likely N-dealkylation sites (tertiary alicyclic amines) is 2. The fourth-order valence-electron chi connectivity index (χ4n) is 13.2. The number of nitrogens with zero attached hydrogens (tertiary/aromatic N) is 9. The first-order chi connectivity index (χ1) is 42.2. The maximum absolute atomic E-state index is 8.85. The molecule has 15 aliphatic heterocycles. The van der Waals surface area contributed by atoms with Gasteiger partial charge in [0.2, 0.25) is 0 Å². The van der Waals surface area contributed by atoms with Gasteiger partial charge in [-0.3, -0.25) is 0 Å². The molecule has 0 aromatic rings. The highest BCUT2D eigenvalue weighted by atomic mass is 16.5. The number of hydrogen-bond donors (Lipinski definition) is 12. The molecule has 8 bridgehead atoms.